The van der Waals surface area contributed by atoms with Gasteiger partial charge in [0.15, 0.2) is 0 Å². The Hall–Kier alpha value is -1.10. The molecule has 0 saturated carbocycles. The summed E-state index contributed by atoms with van der Waals surface area (Å²) < 4.78 is 5.37. The normalized spacial score (nSPS) is 20.6. The van der Waals surface area contributed by atoms with Crippen LogP contribution in [0.3, 0.4) is 0 Å². The Balaban J connectivity index is 2.49. The van der Waals surface area contributed by atoms with Crippen LogP contribution in [0.2, 0.25) is 0 Å². The Labute approximate surface area is 102 Å². The number of carbonyl (C=O) groups is 2. The summed E-state index contributed by atoms with van der Waals surface area (Å²) in [6.07, 6.45) is 2.57. The first-order chi connectivity index (χ1) is 8.20. The highest BCUT2D eigenvalue weighted by Crippen LogP contribution is 2.11. The maximum absolute atomic E-state index is 11.7. The molecule has 1 unspecified atom stereocenters. The first-order valence-corrected chi connectivity index (χ1v) is 6.35. The number of piperazine rings is 1. The Morgan fingerprint density at radius 1 is 1.29 bits per heavy atom. The fraction of sp³-hybridized carbons (Fsp3) is 0.833. The molecule has 0 aromatic heterocycles. The standard InChI is InChI=1S/C12H22N2O3/c1-3-5-10-12(16)13-9-11(15)14(10)6-8-17-7-4-2/h10H,3-9H2,1-2H3,(H,13,16). The van der Waals surface area contributed by atoms with Gasteiger partial charge >= 0.3 is 0 Å². The van der Waals surface area contributed by atoms with E-state index in [1.807, 2.05) is 13.8 Å². The van der Waals surface area contributed by atoms with E-state index in [2.05, 4.69) is 5.32 Å². The Morgan fingerprint density at radius 3 is 2.71 bits per heavy atom. The summed E-state index contributed by atoms with van der Waals surface area (Å²) in [6.45, 7) is 5.89. The number of carbonyl (C=O) groups excluding carboxylic acids is 2. The molecule has 98 valence electrons. The molecule has 17 heavy (non-hydrogen) atoms. The zero-order chi connectivity index (χ0) is 12.7. The predicted octanol–water partition coefficient (Wildman–Crippen LogP) is 0.540. The van der Waals surface area contributed by atoms with Crippen LogP contribution in [0, 0.1) is 0 Å². The van der Waals surface area contributed by atoms with Gasteiger partial charge in [0.05, 0.1) is 13.2 Å². The maximum Gasteiger partial charge on any atom is 0.243 e. The minimum absolute atomic E-state index is 0.0110. The lowest BCUT2D eigenvalue weighted by molar-refractivity contribution is -0.146. The molecular formula is C12H22N2O3. The maximum atomic E-state index is 11.7. The van der Waals surface area contributed by atoms with Crippen molar-refractivity contribution in [3.63, 3.8) is 0 Å². The quantitative estimate of drug-likeness (QED) is 0.663. The number of ether oxygens (including phenoxy) is 1. The van der Waals surface area contributed by atoms with Crippen molar-refractivity contribution in [2.24, 2.45) is 0 Å². The molecule has 1 heterocycles. The highest BCUT2D eigenvalue weighted by molar-refractivity contribution is 5.94. The second-order valence-electron chi connectivity index (χ2n) is 4.22. The number of nitrogens with zero attached hydrogens (tertiary/aromatic N) is 1. The minimum Gasteiger partial charge on any atom is -0.380 e. The number of rotatable bonds is 7. The van der Waals surface area contributed by atoms with Gasteiger partial charge in [-0.3, -0.25) is 9.59 Å². The van der Waals surface area contributed by atoms with Crippen LogP contribution in [0.5, 0.6) is 0 Å². The van der Waals surface area contributed by atoms with Crippen molar-refractivity contribution in [2.45, 2.75) is 39.2 Å². The van der Waals surface area contributed by atoms with E-state index in [0.29, 0.717) is 26.2 Å². The first-order valence-electron chi connectivity index (χ1n) is 6.35. The number of hydrogen-bond donors (Lipinski definition) is 1. The van der Waals surface area contributed by atoms with Gasteiger partial charge in [0, 0.05) is 13.2 Å². The molecule has 0 radical (unpaired) electrons. The van der Waals surface area contributed by atoms with Crippen molar-refractivity contribution in [3.05, 3.63) is 0 Å². The monoisotopic (exact) mass is 242 g/mol. The van der Waals surface area contributed by atoms with Gasteiger partial charge in [-0.25, -0.2) is 0 Å². The van der Waals surface area contributed by atoms with Gasteiger partial charge in [-0.2, -0.15) is 0 Å². The molecule has 1 aliphatic rings. The molecule has 0 aromatic carbocycles. The van der Waals surface area contributed by atoms with Gasteiger partial charge in [-0.1, -0.05) is 20.3 Å². The number of nitrogens with one attached hydrogen (secondary N) is 1. The third kappa shape index (κ3) is 4.00. The largest absolute Gasteiger partial charge is 0.380 e. The second-order valence-corrected chi connectivity index (χ2v) is 4.22. The zero-order valence-corrected chi connectivity index (χ0v) is 10.7. The topological polar surface area (TPSA) is 58.6 Å². The van der Waals surface area contributed by atoms with E-state index in [1.54, 1.807) is 4.90 Å². The van der Waals surface area contributed by atoms with Crippen LogP contribution in [0.15, 0.2) is 0 Å². The van der Waals surface area contributed by atoms with Crippen molar-refractivity contribution >= 4 is 11.8 Å². The molecular weight excluding hydrogens is 220 g/mol. The molecule has 1 N–H and O–H groups in total. The summed E-state index contributed by atoms with van der Waals surface area (Å²) >= 11 is 0. The van der Waals surface area contributed by atoms with Crippen LogP contribution in [0.25, 0.3) is 0 Å². The molecule has 0 aromatic rings. The molecule has 5 nitrogen and oxygen atoms in total. The Morgan fingerprint density at radius 2 is 2.06 bits per heavy atom. The van der Waals surface area contributed by atoms with Crippen LogP contribution in [0.1, 0.15) is 33.1 Å². The molecule has 1 rings (SSSR count). The van der Waals surface area contributed by atoms with Gasteiger partial charge in [0.1, 0.15) is 6.04 Å². The summed E-state index contributed by atoms with van der Waals surface area (Å²) in [6, 6.07) is -0.313. The number of hydrogen-bond acceptors (Lipinski definition) is 3. The average Bonchev–Trinajstić information content (AvgIpc) is 2.32. The van der Waals surface area contributed by atoms with Gasteiger partial charge in [-0.15, -0.1) is 0 Å². The molecule has 1 fully saturated rings. The van der Waals surface area contributed by atoms with Crippen LogP contribution in [0.4, 0.5) is 0 Å². The fourth-order valence-electron chi connectivity index (χ4n) is 1.95. The van der Waals surface area contributed by atoms with Crippen molar-refractivity contribution in [2.75, 3.05) is 26.3 Å². The van der Waals surface area contributed by atoms with E-state index in [4.69, 9.17) is 4.74 Å². The van der Waals surface area contributed by atoms with Crippen LogP contribution >= 0.6 is 0 Å². The molecule has 1 atom stereocenters. The SMILES string of the molecule is CCCOCCN1C(=O)CNC(=O)C1CCC. The Bertz CT molecular complexity index is 268. The Kier molecular flexibility index (Phi) is 5.97. The smallest absolute Gasteiger partial charge is 0.243 e. The van der Waals surface area contributed by atoms with Gasteiger partial charge in [0.2, 0.25) is 11.8 Å². The summed E-state index contributed by atoms with van der Waals surface area (Å²) in [5.41, 5.74) is 0. The highest BCUT2D eigenvalue weighted by atomic mass is 16.5. The van der Waals surface area contributed by atoms with Gasteiger partial charge in [-0.05, 0) is 12.8 Å². The van der Waals surface area contributed by atoms with Crippen molar-refractivity contribution in [1.82, 2.24) is 10.2 Å². The van der Waals surface area contributed by atoms with E-state index in [0.717, 1.165) is 12.8 Å². The highest BCUT2D eigenvalue weighted by Gasteiger charge is 2.33. The molecule has 5 heteroatoms. The third-order valence-electron chi connectivity index (χ3n) is 2.80. The zero-order valence-electron chi connectivity index (χ0n) is 10.7. The summed E-state index contributed by atoms with van der Waals surface area (Å²) in [4.78, 5) is 25.1. The summed E-state index contributed by atoms with van der Waals surface area (Å²) in [7, 11) is 0. The molecule has 0 spiro atoms. The summed E-state index contributed by atoms with van der Waals surface area (Å²) in [5.74, 6) is -0.0508. The van der Waals surface area contributed by atoms with Crippen LogP contribution in [-0.4, -0.2) is 49.1 Å². The van der Waals surface area contributed by atoms with E-state index in [-0.39, 0.29) is 24.4 Å². The number of amides is 2. The lowest BCUT2D eigenvalue weighted by Crippen LogP contribution is -2.58. The van der Waals surface area contributed by atoms with Crippen LogP contribution < -0.4 is 5.32 Å². The molecule has 2 amide bonds. The second kappa shape index (κ2) is 7.27. The van der Waals surface area contributed by atoms with E-state index < -0.39 is 0 Å². The summed E-state index contributed by atoms with van der Waals surface area (Å²) in [5, 5.41) is 2.63. The lowest BCUT2D eigenvalue weighted by Gasteiger charge is -2.34. The van der Waals surface area contributed by atoms with Crippen molar-refractivity contribution in [1.29, 1.82) is 0 Å². The van der Waals surface area contributed by atoms with E-state index in [1.165, 1.54) is 0 Å². The first kappa shape index (κ1) is 14.0. The van der Waals surface area contributed by atoms with E-state index in [9.17, 15) is 9.59 Å². The lowest BCUT2D eigenvalue weighted by atomic mass is 10.1. The third-order valence-corrected chi connectivity index (χ3v) is 2.80. The van der Waals surface area contributed by atoms with E-state index >= 15 is 0 Å². The molecule has 0 bridgehead atoms. The molecule has 1 saturated heterocycles. The van der Waals surface area contributed by atoms with Gasteiger partial charge < -0.3 is 15.0 Å². The van der Waals surface area contributed by atoms with Crippen molar-refractivity contribution < 1.29 is 14.3 Å². The molecule has 0 aliphatic carbocycles. The van der Waals surface area contributed by atoms with Crippen molar-refractivity contribution in [3.8, 4) is 0 Å². The minimum atomic E-state index is -0.313. The predicted molar refractivity (Wildman–Crippen MR) is 64.5 cm³/mol. The van der Waals surface area contributed by atoms with Gasteiger partial charge in [0.25, 0.3) is 0 Å². The average molecular weight is 242 g/mol. The molecule has 1 aliphatic heterocycles. The van der Waals surface area contributed by atoms with Crippen LogP contribution in [-0.2, 0) is 14.3 Å². The fourth-order valence-corrected chi connectivity index (χ4v) is 1.95.